The van der Waals surface area contributed by atoms with Crippen molar-refractivity contribution in [1.82, 2.24) is 19.6 Å². The van der Waals surface area contributed by atoms with E-state index in [0.717, 1.165) is 22.6 Å². The van der Waals surface area contributed by atoms with Crippen LogP contribution in [0.25, 0.3) is 16.9 Å². The van der Waals surface area contributed by atoms with E-state index in [0.29, 0.717) is 12.3 Å². The summed E-state index contributed by atoms with van der Waals surface area (Å²) in [5.41, 5.74) is 4.31. The van der Waals surface area contributed by atoms with Crippen LogP contribution in [-0.2, 0) is 6.54 Å². The van der Waals surface area contributed by atoms with Crippen LogP contribution in [0.1, 0.15) is 11.3 Å². The summed E-state index contributed by atoms with van der Waals surface area (Å²) in [4.78, 5) is 8.46. The molecule has 23 heavy (non-hydrogen) atoms. The van der Waals surface area contributed by atoms with Gasteiger partial charge in [-0.3, -0.25) is 0 Å². The first-order chi connectivity index (χ1) is 11.3. The lowest BCUT2D eigenvalue weighted by molar-refractivity contribution is 0.568. The van der Waals surface area contributed by atoms with Gasteiger partial charge in [0, 0.05) is 23.9 Å². The van der Waals surface area contributed by atoms with Gasteiger partial charge in [-0.1, -0.05) is 24.3 Å². The van der Waals surface area contributed by atoms with Gasteiger partial charge in [0.15, 0.2) is 0 Å². The Balaban J connectivity index is 1.53. The van der Waals surface area contributed by atoms with Crippen LogP contribution in [0.2, 0.25) is 0 Å². The third-order valence-corrected chi connectivity index (χ3v) is 3.66. The predicted molar refractivity (Wildman–Crippen MR) is 87.0 cm³/mol. The van der Waals surface area contributed by atoms with Crippen molar-refractivity contribution in [2.75, 3.05) is 5.32 Å². The van der Waals surface area contributed by atoms with Gasteiger partial charge in [-0.15, -0.1) is 0 Å². The van der Waals surface area contributed by atoms with Crippen LogP contribution in [0.4, 0.5) is 5.82 Å². The molecule has 114 valence electrons. The molecule has 0 atom stereocenters. The average Bonchev–Trinajstić information content (AvgIpc) is 3.24. The summed E-state index contributed by atoms with van der Waals surface area (Å²) in [6, 6.07) is 12.3. The van der Waals surface area contributed by atoms with E-state index in [1.54, 1.807) is 17.0 Å². The molecule has 4 aromatic rings. The van der Waals surface area contributed by atoms with Crippen LogP contribution >= 0.6 is 0 Å². The largest absolute Gasteiger partial charge is 0.472 e. The van der Waals surface area contributed by atoms with E-state index >= 15 is 0 Å². The van der Waals surface area contributed by atoms with Gasteiger partial charge in [0.25, 0.3) is 5.78 Å². The molecule has 0 saturated heterocycles. The molecular formula is C17H15N5O. The minimum absolute atomic E-state index is 0.600. The van der Waals surface area contributed by atoms with Crippen LogP contribution in [0, 0.1) is 6.92 Å². The first-order valence-corrected chi connectivity index (χ1v) is 7.32. The van der Waals surface area contributed by atoms with Crippen LogP contribution in [0.15, 0.2) is 59.7 Å². The third-order valence-electron chi connectivity index (χ3n) is 3.66. The fourth-order valence-corrected chi connectivity index (χ4v) is 2.49. The number of hydrogen-bond donors (Lipinski definition) is 1. The summed E-state index contributed by atoms with van der Waals surface area (Å²) >= 11 is 0. The highest BCUT2D eigenvalue weighted by Gasteiger charge is 2.05. The van der Waals surface area contributed by atoms with Gasteiger partial charge in [0.1, 0.15) is 12.1 Å². The molecule has 3 aromatic heterocycles. The van der Waals surface area contributed by atoms with Gasteiger partial charge in [-0.2, -0.15) is 14.6 Å². The maximum atomic E-state index is 5.12. The molecule has 0 saturated carbocycles. The Hall–Kier alpha value is -3.15. The molecule has 0 amide bonds. The summed E-state index contributed by atoms with van der Waals surface area (Å²) in [7, 11) is 0. The molecule has 0 spiro atoms. The maximum absolute atomic E-state index is 5.12. The van der Waals surface area contributed by atoms with Gasteiger partial charge >= 0.3 is 0 Å². The van der Waals surface area contributed by atoms with Crippen LogP contribution in [0.3, 0.4) is 0 Å². The normalized spacial score (nSPS) is 11.0. The molecule has 0 radical (unpaired) electrons. The Morgan fingerprint density at radius 2 is 2.00 bits per heavy atom. The number of anilines is 1. The predicted octanol–water partition coefficient (Wildman–Crippen LogP) is 3.30. The molecule has 3 heterocycles. The van der Waals surface area contributed by atoms with Gasteiger partial charge in [-0.05, 0) is 24.1 Å². The zero-order valence-electron chi connectivity index (χ0n) is 12.6. The number of aromatic nitrogens is 4. The molecule has 0 unspecified atom stereocenters. The lowest BCUT2D eigenvalue weighted by Crippen LogP contribution is -2.06. The first-order valence-electron chi connectivity index (χ1n) is 7.32. The zero-order valence-corrected chi connectivity index (χ0v) is 12.6. The molecular weight excluding hydrogens is 290 g/mol. The van der Waals surface area contributed by atoms with E-state index in [1.807, 2.05) is 19.1 Å². The number of nitrogens with one attached hydrogen (secondary N) is 1. The summed E-state index contributed by atoms with van der Waals surface area (Å²) in [6.45, 7) is 2.64. The van der Waals surface area contributed by atoms with Gasteiger partial charge in [0.2, 0.25) is 0 Å². The van der Waals surface area contributed by atoms with Gasteiger partial charge in [0.05, 0.1) is 12.5 Å². The lowest BCUT2D eigenvalue weighted by atomic mass is 10.1. The van der Waals surface area contributed by atoms with E-state index in [9.17, 15) is 0 Å². The highest BCUT2D eigenvalue weighted by Crippen LogP contribution is 2.20. The van der Waals surface area contributed by atoms with Gasteiger partial charge < -0.3 is 9.73 Å². The molecule has 0 aliphatic carbocycles. The number of furan rings is 1. The Morgan fingerprint density at radius 1 is 1.13 bits per heavy atom. The van der Waals surface area contributed by atoms with Crippen LogP contribution in [0.5, 0.6) is 0 Å². The van der Waals surface area contributed by atoms with Crippen molar-refractivity contribution in [3.05, 3.63) is 66.5 Å². The Labute approximate surface area is 132 Å². The first kappa shape index (κ1) is 13.5. The van der Waals surface area contributed by atoms with Crippen LogP contribution < -0.4 is 5.32 Å². The number of nitrogens with zero attached hydrogens (tertiary/aromatic N) is 4. The summed E-state index contributed by atoms with van der Waals surface area (Å²) in [5, 5.41) is 7.58. The zero-order chi connectivity index (χ0) is 15.6. The fraction of sp³-hybridized carbons (Fsp3) is 0.118. The van der Waals surface area contributed by atoms with Crippen molar-refractivity contribution < 1.29 is 4.42 Å². The number of aryl methyl sites for hydroxylation is 1. The molecule has 0 aliphatic rings. The maximum Gasteiger partial charge on any atom is 0.254 e. The molecule has 4 rings (SSSR count). The van der Waals surface area contributed by atoms with E-state index < -0.39 is 0 Å². The molecule has 6 nitrogen and oxygen atoms in total. The minimum atomic E-state index is 0.600. The van der Waals surface area contributed by atoms with Crippen molar-refractivity contribution in [2.45, 2.75) is 13.5 Å². The molecule has 0 fully saturated rings. The summed E-state index contributed by atoms with van der Waals surface area (Å²) in [5.74, 6) is 1.48. The molecule has 0 aliphatic heterocycles. The fourth-order valence-electron chi connectivity index (χ4n) is 2.49. The van der Waals surface area contributed by atoms with Crippen LogP contribution in [-0.4, -0.2) is 19.6 Å². The van der Waals surface area contributed by atoms with E-state index in [4.69, 9.17) is 4.42 Å². The topological polar surface area (TPSA) is 68.2 Å². The quantitative estimate of drug-likeness (QED) is 0.626. The minimum Gasteiger partial charge on any atom is -0.472 e. The number of rotatable bonds is 4. The number of benzene rings is 1. The second-order valence-electron chi connectivity index (χ2n) is 5.32. The molecule has 6 heteroatoms. The highest BCUT2D eigenvalue weighted by atomic mass is 16.3. The SMILES string of the molecule is Cc1cc(NCc2ccc(-c3ccoc3)cc2)n2ncnc2n1. The van der Waals surface area contributed by atoms with Crippen molar-refractivity contribution in [3.63, 3.8) is 0 Å². The summed E-state index contributed by atoms with van der Waals surface area (Å²) in [6.07, 6.45) is 4.93. The standard InChI is InChI=1S/C17H15N5O/c1-12-8-16(22-17(21-12)19-11-20-22)18-9-13-2-4-14(5-3-13)15-6-7-23-10-15/h2-8,10-11,18H,9H2,1H3. The molecule has 1 aromatic carbocycles. The smallest absolute Gasteiger partial charge is 0.254 e. The second kappa shape index (κ2) is 5.57. The monoisotopic (exact) mass is 305 g/mol. The van der Waals surface area contributed by atoms with Gasteiger partial charge in [-0.25, -0.2) is 4.98 Å². The number of hydrogen-bond acceptors (Lipinski definition) is 5. The van der Waals surface area contributed by atoms with E-state index in [2.05, 4.69) is 44.6 Å². The Bertz CT molecular complexity index is 925. The lowest BCUT2D eigenvalue weighted by Gasteiger charge is -2.09. The van der Waals surface area contributed by atoms with Crippen molar-refractivity contribution in [2.24, 2.45) is 0 Å². The molecule has 0 bridgehead atoms. The van der Waals surface area contributed by atoms with Crippen molar-refractivity contribution in [3.8, 4) is 11.1 Å². The van der Waals surface area contributed by atoms with Crippen molar-refractivity contribution in [1.29, 1.82) is 0 Å². The second-order valence-corrected chi connectivity index (χ2v) is 5.32. The highest BCUT2D eigenvalue weighted by molar-refractivity contribution is 5.62. The van der Waals surface area contributed by atoms with E-state index in [-0.39, 0.29) is 0 Å². The van der Waals surface area contributed by atoms with Crippen molar-refractivity contribution >= 4 is 11.6 Å². The average molecular weight is 305 g/mol. The Kier molecular flexibility index (Phi) is 3.27. The Morgan fingerprint density at radius 3 is 2.78 bits per heavy atom. The third kappa shape index (κ3) is 2.66. The molecule has 1 N–H and O–H groups in total. The summed E-state index contributed by atoms with van der Waals surface area (Å²) < 4.78 is 6.82. The van der Waals surface area contributed by atoms with E-state index in [1.165, 1.54) is 11.9 Å². The number of fused-ring (bicyclic) bond motifs is 1.